The molecule has 0 saturated carbocycles. The second kappa shape index (κ2) is 9.14. The van der Waals surface area contributed by atoms with Crippen LogP contribution in [0.1, 0.15) is 30.0 Å². The summed E-state index contributed by atoms with van der Waals surface area (Å²) >= 11 is 0. The van der Waals surface area contributed by atoms with Crippen LogP contribution in [0.5, 0.6) is 0 Å². The predicted molar refractivity (Wildman–Crippen MR) is 120 cm³/mol. The van der Waals surface area contributed by atoms with Gasteiger partial charge in [0.15, 0.2) is 0 Å². The molecule has 30 heavy (non-hydrogen) atoms. The van der Waals surface area contributed by atoms with Gasteiger partial charge in [0.05, 0.1) is 5.41 Å². The molecular formula is C26H28N2O2. The van der Waals surface area contributed by atoms with Crippen LogP contribution in [0.15, 0.2) is 91.0 Å². The van der Waals surface area contributed by atoms with E-state index in [2.05, 4.69) is 83.4 Å². The second-order valence-electron chi connectivity index (χ2n) is 7.66. The Morgan fingerprint density at radius 2 is 1.37 bits per heavy atom. The number of hydrogen-bond donors (Lipinski definition) is 2. The molecule has 0 bridgehead atoms. The van der Waals surface area contributed by atoms with Crippen molar-refractivity contribution in [3.63, 3.8) is 0 Å². The van der Waals surface area contributed by atoms with Crippen molar-refractivity contribution in [1.82, 2.24) is 10.6 Å². The summed E-state index contributed by atoms with van der Waals surface area (Å²) in [5.74, 6) is 0. The smallest absolute Gasteiger partial charge is 0.407 e. The second-order valence-corrected chi connectivity index (χ2v) is 7.66. The monoisotopic (exact) mass is 400 g/mol. The molecule has 2 atom stereocenters. The van der Waals surface area contributed by atoms with Crippen LogP contribution < -0.4 is 10.6 Å². The molecule has 1 fully saturated rings. The minimum Gasteiger partial charge on any atom is -0.445 e. The molecule has 3 aromatic carbocycles. The average molecular weight is 401 g/mol. The van der Waals surface area contributed by atoms with E-state index in [0.717, 1.165) is 6.42 Å². The summed E-state index contributed by atoms with van der Waals surface area (Å²) < 4.78 is 5.67. The Hall–Kier alpha value is -3.11. The molecule has 4 heteroatoms. The van der Waals surface area contributed by atoms with E-state index in [1.54, 1.807) is 0 Å². The fourth-order valence-electron chi connectivity index (χ4n) is 4.67. The average Bonchev–Trinajstić information content (AvgIpc) is 3.25. The van der Waals surface area contributed by atoms with Gasteiger partial charge in [0.1, 0.15) is 6.10 Å². The van der Waals surface area contributed by atoms with Gasteiger partial charge in [-0.3, -0.25) is 0 Å². The van der Waals surface area contributed by atoms with Gasteiger partial charge in [0.2, 0.25) is 0 Å². The number of carbonyl (C=O) groups is 1. The van der Waals surface area contributed by atoms with Crippen molar-refractivity contribution < 1.29 is 9.53 Å². The first-order chi connectivity index (χ1) is 14.7. The lowest BCUT2D eigenvalue weighted by Gasteiger charge is -2.41. The molecule has 154 valence electrons. The minimum absolute atomic E-state index is 0.0733. The summed E-state index contributed by atoms with van der Waals surface area (Å²) in [5.41, 5.74) is 3.26. The maximum atomic E-state index is 12.0. The number of ether oxygens (including phenoxy) is 1. The molecule has 0 aliphatic carbocycles. The van der Waals surface area contributed by atoms with Gasteiger partial charge in [-0.1, -0.05) is 91.0 Å². The summed E-state index contributed by atoms with van der Waals surface area (Å²) in [5, 5.41) is 6.42. The lowest BCUT2D eigenvalue weighted by Crippen LogP contribution is -2.47. The van der Waals surface area contributed by atoms with Crippen molar-refractivity contribution in [2.45, 2.75) is 30.9 Å². The minimum atomic E-state index is -0.400. The highest BCUT2D eigenvalue weighted by atomic mass is 16.6. The maximum absolute atomic E-state index is 12.0. The quantitative estimate of drug-likeness (QED) is 0.599. The van der Waals surface area contributed by atoms with Crippen LogP contribution in [0.3, 0.4) is 0 Å². The Kier molecular flexibility index (Phi) is 6.15. The molecule has 1 heterocycles. The summed E-state index contributed by atoms with van der Waals surface area (Å²) in [6.07, 6.45) is 0.210. The molecule has 0 aromatic heterocycles. The van der Waals surface area contributed by atoms with E-state index in [1.165, 1.54) is 16.7 Å². The van der Waals surface area contributed by atoms with E-state index in [4.69, 9.17) is 4.74 Å². The number of rotatable bonds is 6. The van der Waals surface area contributed by atoms with Crippen molar-refractivity contribution in [2.24, 2.45) is 0 Å². The Labute approximate surface area is 178 Å². The molecule has 1 aliphatic heterocycles. The zero-order valence-electron chi connectivity index (χ0n) is 17.3. The molecule has 1 unspecified atom stereocenters. The molecule has 1 saturated heterocycles. The fraction of sp³-hybridized carbons (Fsp3) is 0.269. The van der Waals surface area contributed by atoms with Gasteiger partial charge in [-0.2, -0.15) is 0 Å². The van der Waals surface area contributed by atoms with Crippen LogP contribution in [-0.4, -0.2) is 31.3 Å². The first kappa shape index (κ1) is 20.2. The van der Waals surface area contributed by atoms with Crippen LogP contribution in [0.4, 0.5) is 4.79 Å². The van der Waals surface area contributed by atoms with E-state index in [-0.39, 0.29) is 18.2 Å². The number of alkyl carbamates (subject to hydrolysis) is 1. The lowest BCUT2D eigenvalue weighted by atomic mass is 9.64. The lowest BCUT2D eigenvalue weighted by molar-refractivity contribution is 0.106. The van der Waals surface area contributed by atoms with Crippen molar-refractivity contribution in [3.8, 4) is 0 Å². The third-order valence-corrected chi connectivity index (χ3v) is 5.90. The van der Waals surface area contributed by atoms with Gasteiger partial charge in [0.25, 0.3) is 0 Å². The van der Waals surface area contributed by atoms with Crippen LogP contribution in [0.25, 0.3) is 0 Å². The maximum Gasteiger partial charge on any atom is 0.407 e. The zero-order valence-corrected chi connectivity index (χ0v) is 17.3. The van der Waals surface area contributed by atoms with Crippen LogP contribution in [-0.2, 0) is 10.2 Å². The summed E-state index contributed by atoms with van der Waals surface area (Å²) in [4.78, 5) is 12.0. The molecule has 0 radical (unpaired) electrons. The summed E-state index contributed by atoms with van der Waals surface area (Å²) in [7, 11) is 0. The third-order valence-electron chi connectivity index (χ3n) is 5.90. The number of carbonyl (C=O) groups excluding carboxylic acids is 1. The van der Waals surface area contributed by atoms with Gasteiger partial charge < -0.3 is 15.4 Å². The highest BCUT2D eigenvalue weighted by Crippen LogP contribution is 2.44. The molecule has 4 rings (SSSR count). The fourth-order valence-corrected chi connectivity index (χ4v) is 4.67. The molecule has 4 nitrogen and oxygen atoms in total. The van der Waals surface area contributed by atoms with Crippen molar-refractivity contribution in [2.75, 3.05) is 13.1 Å². The Morgan fingerprint density at radius 1 is 0.900 bits per heavy atom. The molecule has 1 amide bonds. The van der Waals surface area contributed by atoms with Gasteiger partial charge >= 0.3 is 6.09 Å². The van der Waals surface area contributed by atoms with Crippen molar-refractivity contribution in [3.05, 3.63) is 108 Å². The first-order valence-electron chi connectivity index (χ1n) is 10.6. The van der Waals surface area contributed by atoms with E-state index in [9.17, 15) is 4.79 Å². The van der Waals surface area contributed by atoms with E-state index in [1.807, 2.05) is 25.1 Å². The Bertz CT molecular complexity index is 848. The highest BCUT2D eigenvalue weighted by molar-refractivity contribution is 5.67. The Balaban J connectivity index is 1.81. The Morgan fingerprint density at radius 3 is 1.80 bits per heavy atom. The standard InChI is InChI=1S/C26H28N2O2/c1-2-27-25(29)30-23-18-24(28-19-23)26(20-12-6-3-7-13-20,21-14-8-4-9-15-21)22-16-10-5-11-17-22/h3-17,23-24,28H,2,18-19H2,1H3,(H,27,29)/t23-,24?/m1/s1. The molecule has 2 N–H and O–H groups in total. The van der Waals surface area contributed by atoms with Crippen LogP contribution in [0.2, 0.25) is 0 Å². The number of amides is 1. The molecular weight excluding hydrogens is 372 g/mol. The van der Waals surface area contributed by atoms with Gasteiger partial charge in [-0.05, 0) is 23.6 Å². The normalized spacial score (nSPS) is 18.7. The first-order valence-corrected chi connectivity index (χ1v) is 10.6. The summed E-state index contributed by atoms with van der Waals surface area (Å²) in [6.45, 7) is 3.09. The van der Waals surface area contributed by atoms with Crippen LogP contribution >= 0.6 is 0 Å². The number of nitrogens with one attached hydrogen (secondary N) is 2. The van der Waals surface area contributed by atoms with E-state index in [0.29, 0.717) is 13.1 Å². The van der Waals surface area contributed by atoms with Crippen LogP contribution in [0, 0.1) is 0 Å². The molecule has 1 aliphatic rings. The van der Waals surface area contributed by atoms with E-state index >= 15 is 0 Å². The van der Waals surface area contributed by atoms with Crippen molar-refractivity contribution in [1.29, 1.82) is 0 Å². The zero-order chi connectivity index (χ0) is 20.8. The largest absolute Gasteiger partial charge is 0.445 e. The predicted octanol–water partition coefficient (Wildman–Crippen LogP) is 4.50. The number of benzene rings is 3. The SMILES string of the molecule is CCNC(=O)O[C@H]1CNC(C(c2ccccc2)(c2ccccc2)c2ccccc2)C1. The van der Waals surface area contributed by atoms with Gasteiger partial charge in [-0.25, -0.2) is 4.79 Å². The van der Waals surface area contributed by atoms with Gasteiger partial charge in [-0.15, -0.1) is 0 Å². The van der Waals surface area contributed by atoms with Crippen molar-refractivity contribution >= 4 is 6.09 Å². The number of hydrogen-bond acceptors (Lipinski definition) is 3. The van der Waals surface area contributed by atoms with Gasteiger partial charge in [0, 0.05) is 25.6 Å². The highest BCUT2D eigenvalue weighted by Gasteiger charge is 2.47. The van der Waals surface area contributed by atoms with E-state index < -0.39 is 5.41 Å². The molecule has 3 aromatic rings. The topological polar surface area (TPSA) is 50.4 Å². The summed E-state index contributed by atoms with van der Waals surface area (Å²) in [6, 6.07) is 31.9. The third kappa shape index (κ3) is 3.83. The molecule has 0 spiro atoms.